The maximum absolute atomic E-state index is 12.1. The lowest BCUT2D eigenvalue weighted by molar-refractivity contribution is -0.120. The average molecular weight is 406 g/mol. The van der Waals surface area contributed by atoms with E-state index in [1.807, 2.05) is 25.1 Å². The minimum absolute atomic E-state index is 0.130. The van der Waals surface area contributed by atoms with Crippen LogP contribution >= 0.6 is 0 Å². The van der Waals surface area contributed by atoms with Crippen LogP contribution in [0.5, 0.6) is 0 Å². The minimum atomic E-state index is -3.30. The van der Waals surface area contributed by atoms with Crippen molar-refractivity contribution in [3.63, 3.8) is 0 Å². The first-order chi connectivity index (χ1) is 13.2. The van der Waals surface area contributed by atoms with Crippen molar-refractivity contribution in [1.29, 1.82) is 0 Å². The molecule has 1 aromatic carbocycles. The number of sulfone groups is 1. The smallest absolute Gasteiger partial charge is 0.224 e. The molecule has 0 spiro atoms. The predicted octanol–water partition coefficient (Wildman–Crippen LogP) is 1.50. The van der Waals surface area contributed by atoms with E-state index in [9.17, 15) is 13.2 Å². The van der Waals surface area contributed by atoms with Crippen LogP contribution in [0.1, 0.15) is 19.4 Å². The van der Waals surface area contributed by atoms with Crippen LogP contribution in [-0.4, -0.2) is 57.0 Å². The molecule has 1 heterocycles. The Morgan fingerprint density at radius 1 is 1.14 bits per heavy atom. The third-order valence-electron chi connectivity index (χ3n) is 4.15. The van der Waals surface area contributed by atoms with Crippen LogP contribution in [0.15, 0.2) is 41.4 Å². The molecule has 0 atom stereocenters. The number of anilines is 2. The summed E-state index contributed by atoms with van der Waals surface area (Å²) in [6, 6.07) is 8.33. The Labute approximate surface area is 166 Å². The lowest BCUT2D eigenvalue weighted by atomic mass is 10.1. The molecule has 0 fully saturated rings. The Kier molecular flexibility index (Phi) is 7.33. The second-order valence-electron chi connectivity index (χ2n) is 6.88. The number of amides is 1. The van der Waals surface area contributed by atoms with Gasteiger partial charge in [-0.1, -0.05) is 12.1 Å². The molecule has 0 saturated carbocycles. The largest absolute Gasteiger partial charge is 0.376 e. The number of carbonyl (C=O) groups excluding carboxylic acids is 1. The average Bonchev–Trinajstić information content (AvgIpc) is 2.66. The van der Waals surface area contributed by atoms with Gasteiger partial charge in [0.2, 0.25) is 5.91 Å². The zero-order valence-corrected chi connectivity index (χ0v) is 17.5. The third-order valence-corrected chi connectivity index (χ3v) is 6.32. The highest BCUT2D eigenvalue weighted by Gasteiger charge is 2.18. The van der Waals surface area contributed by atoms with Crippen molar-refractivity contribution in [3.8, 4) is 0 Å². The molecule has 0 aliphatic carbocycles. The van der Waals surface area contributed by atoms with E-state index in [1.54, 1.807) is 44.3 Å². The van der Waals surface area contributed by atoms with Gasteiger partial charge >= 0.3 is 0 Å². The molecule has 0 radical (unpaired) electrons. The van der Waals surface area contributed by atoms with E-state index < -0.39 is 15.1 Å². The minimum Gasteiger partial charge on any atom is -0.376 e. The number of aromatic nitrogens is 2. The lowest BCUT2D eigenvalue weighted by Crippen LogP contribution is -2.30. The monoisotopic (exact) mass is 405 g/mol. The molecule has 0 aliphatic rings. The van der Waals surface area contributed by atoms with Crippen LogP contribution in [0.2, 0.25) is 0 Å². The topological polar surface area (TPSA) is 104 Å². The normalized spacial score (nSPS) is 11.3. The SMILES string of the molecule is CC(C)S(=O)(=O)c1ccc(CC(=O)NCCNc2cc(N(C)C)cnn2)cc1. The number of benzene rings is 1. The quantitative estimate of drug-likeness (QED) is 0.609. The molecule has 28 heavy (non-hydrogen) atoms. The van der Waals surface area contributed by atoms with Gasteiger partial charge in [-0.05, 0) is 31.5 Å². The van der Waals surface area contributed by atoms with E-state index in [-0.39, 0.29) is 17.2 Å². The summed E-state index contributed by atoms with van der Waals surface area (Å²) in [5, 5.41) is 13.4. The van der Waals surface area contributed by atoms with Gasteiger partial charge in [0.15, 0.2) is 15.7 Å². The van der Waals surface area contributed by atoms with Crippen molar-refractivity contribution >= 4 is 27.2 Å². The molecule has 0 unspecified atom stereocenters. The van der Waals surface area contributed by atoms with Crippen LogP contribution < -0.4 is 15.5 Å². The molecule has 2 aromatic rings. The third kappa shape index (κ3) is 5.91. The van der Waals surface area contributed by atoms with E-state index in [0.29, 0.717) is 18.9 Å². The fourth-order valence-electron chi connectivity index (χ4n) is 2.40. The number of hydrogen-bond acceptors (Lipinski definition) is 7. The Morgan fingerprint density at radius 2 is 1.82 bits per heavy atom. The second-order valence-corrected chi connectivity index (χ2v) is 9.39. The van der Waals surface area contributed by atoms with Gasteiger partial charge in [0.1, 0.15) is 0 Å². The molecule has 2 rings (SSSR count). The highest BCUT2D eigenvalue weighted by molar-refractivity contribution is 7.92. The fourth-order valence-corrected chi connectivity index (χ4v) is 3.46. The van der Waals surface area contributed by atoms with Crippen molar-refractivity contribution in [2.75, 3.05) is 37.4 Å². The van der Waals surface area contributed by atoms with Gasteiger partial charge in [-0.3, -0.25) is 4.79 Å². The molecule has 1 amide bonds. The molecule has 0 bridgehead atoms. The van der Waals surface area contributed by atoms with E-state index in [2.05, 4.69) is 20.8 Å². The van der Waals surface area contributed by atoms with Gasteiger partial charge in [-0.2, -0.15) is 5.10 Å². The lowest BCUT2D eigenvalue weighted by Gasteiger charge is -2.13. The molecular weight excluding hydrogens is 378 g/mol. The van der Waals surface area contributed by atoms with Crippen molar-refractivity contribution < 1.29 is 13.2 Å². The molecule has 2 N–H and O–H groups in total. The van der Waals surface area contributed by atoms with Crippen LogP contribution in [0.4, 0.5) is 11.5 Å². The van der Waals surface area contributed by atoms with Crippen molar-refractivity contribution in [3.05, 3.63) is 42.1 Å². The first-order valence-electron chi connectivity index (χ1n) is 9.03. The van der Waals surface area contributed by atoms with Gasteiger partial charge in [0.05, 0.1) is 28.5 Å². The molecule has 0 aliphatic heterocycles. The van der Waals surface area contributed by atoms with Gasteiger partial charge in [-0.25, -0.2) is 8.42 Å². The van der Waals surface area contributed by atoms with Crippen molar-refractivity contribution in [1.82, 2.24) is 15.5 Å². The highest BCUT2D eigenvalue weighted by Crippen LogP contribution is 2.16. The molecule has 9 heteroatoms. The van der Waals surface area contributed by atoms with Crippen molar-refractivity contribution in [2.24, 2.45) is 0 Å². The summed E-state index contributed by atoms with van der Waals surface area (Å²) < 4.78 is 24.2. The summed E-state index contributed by atoms with van der Waals surface area (Å²) in [7, 11) is 0.547. The van der Waals surface area contributed by atoms with Gasteiger partial charge in [-0.15, -0.1) is 5.10 Å². The molecule has 1 aromatic heterocycles. The second kappa shape index (κ2) is 9.50. The molecular formula is C19H27N5O3S. The Hall–Kier alpha value is -2.68. The first-order valence-corrected chi connectivity index (χ1v) is 10.6. The summed E-state index contributed by atoms with van der Waals surface area (Å²) >= 11 is 0. The Balaban J connectivity index is 1.79. The van der Waals surface area contributed by atoms with E-state index in [1.165, 1.54) is 0 Å². The van der Waals surface area contributed by atoms with E-state index in [0.717, 1.165) is 11.3 Å². The molecule has 152 valence electrons. The van der Waals surface area contributed by atoms with Gasteiger partial charge < -0.3 is 15.5 Å². The van der Waals surface area contributed by atoms with Gasteiger partial charge in [0.25, 0.3) is 0 Å². The zero-order chi connectivity index (χ0) is 20.7. The number of nitrogens with zero attached hydrogens (tertiary/aromatic N) is 3. The van der Waals surface area contributed by atoms with E-state index in [4.69, 9.17) is 0 Å². The maximum Gasteiger partial charge on any atom is 0.224 e. The maximum atomic E-state index is 12.1. The number of hydrogen-bond donors (Lipinski definition) is 2. The number of nitrogens with one attached hydrogen (secondary N) is 2. The summed E-state index contributed by atoms with van der Waals surface area (Å²) in [4.78, 5) is 14.3. The fraction of sp³-hybridized carbons (Fsp3) is 0.421. The standard InChI is InChI=1S/C19H27N5O3S/c1-14(2)28(26,27)17-7-5-15(6-8-17)11-19(25)21-10-9-20-18-12-16(24(3)4)13-22-23-18/h5-8,12-14H,9-11H2,1-4H3,(H,20,23)(H,21,25). The first kappa shape index (κ1) is 21.6. The molecule has 8 nitrogen and oxygen atoms in total. The summed E-state index contributed by atoms with van der Waals surface area (Å²) in [6.07, 6.45) is 1.86. The Morgan fingerprint density at radius 3 is 2.43 bits per heavy atom. The number of carbonyl (C=O) groups is 1. The van der Waals surface area contributed by atoms with Crippen LogP contribution in [0, 0.1) is 0 Å². The van der Waals surface area contributed by atoms with Crippen LogP contribution in [0.25, 0.3) is 0 Å². The number of rotatable bonds is 9. The predicted molar refractivity (Wildman–Crippen MR) is 110 cm³/mol. The highest BCUT2D eigenvalue weighted by atomic mass is 32.2. The van der Waals surface area contributed by atoms with Gasteiger partial charge in [0, 0.05) is 33.3 Å². The summed E-state index contributed by atoms with van der Waals surface area (Å²) in [6.45, 7) is 4.25. The Bertz CT molecular complexity index is 896. The van der Waals surface area contributed by atoms with Crippen LogP contribution in [-0.2, 0) is 21.1 Å². The zero-order valence-electron chi connectivity index (χ0n) is 16.6. The van der Waals surface area contributed by atoms with Crippen molar-refractivity contribution in [2.45, 2.75) is 30.4 Å². The summed E-state index contributed by atoms with van der Waals surface area (Å²) in [5.41, 5.74) is 1.70. The van der Waals surface area contributed by atoms with E-state index >= 15 is 0 Å². The summed E-state index contributed by atoms with van der Waals surface area (Å²) in [5.74, 6) is 0.511. The molecule has 0 saturated heterocycles. The van der Waals surface area contributed by atoms with Crippen LogP contribution in [0.3, 0.4) is 0 Å².